The number of halogens is 4. The highest BCUT2D eigenvalue weighted by Gasteiger charge is 2.47. The summed E-state index contributed by atoms with van der Waals surface area (Å²) in [4.78, 5) is 13.7. The van der Waals surface area contributed by atoms with E-state index in [4.69, 9.17) is 16.3 Å². The Labute approximate surface area is 197 Å². The highest BCUT2D eigenvalue weighted by atomic mass is 35.5. The summed E-state index contributed by atoms with van der Waals surface area (Å²) in [5, 5.41) is 9.52. The van der Waals surface area contributed by atoms with E-state index in [1.54, 1.807) is 36.4 Å². The molecule has 2 N–H and O–H groups in total. The number of anilines is 2. The molecule has 1 aliphatic rings. The number of nitrogens with zero attached hydrogens (tertiary/aromatic N) is 2. The second kappa shape index (κ2) is 9.18. The van der Waals surface area contributed by atoms with E-state index in [-0.39, 0.29) is 23.0 Å². The highest BCUT2D eigenvalue weighted by molar-refractivity contribution is 7.98. The number of carbonyl (C=O) groups excluding carboxylic acids is 1. The van der Waals surface area contributed by atoms with Gasteiger partial charge in [-0.3, -0.25) is 4.79 Å². The average Bonchev–Trinajstić information content (AvgIpc) is 3.14. The minimum absolute atomic E-state index is 0.0469. The lowest BCUT2D eigenvalue weighted by molar-refractivity contribution is -0.173. The van der Waals surface area contributed by atoms with Crippen molar-refractivity contribution in [2.45, 2.75) is 29.6 Å². The van der Waals surface area contributed by atoms with E-state index < -0.39 is 24.2 Å². The molecule has 11 heteroatoms. The first-order chi connectivity index (χ1) is 15.7. The van der Waals surface area contributed by atoms with E-state index in [2.05, 4.69) is 15.7 Å². The lowest BCUT2D eigenvalue weighted by Gasteiger charge is -2.33. The molecule has 0 bridgehead atoms. The molecule has 1 aromatic heterocycles. The van der Waals surface area contributed by atoms with E-state index in [1.807, 2.05) is 18.4 Å². The lowest BCUT2D eigenvalue weighted by atomic mass is 9.97. The molecule has 0 unspecified atom stereocenters. The number of ether oxygens (including phenoxy) is 1. The van der Waals surface area contributed by atoms with Crippen LogP contribution in [0.4, 0.5) is 24.7 Å². The number of para-hydroxylation sites is 1. The van der Waals surface area contributed by atoms with Crippen molar-refractivity contribution in [3.63, 3.8) is 0 Å². The van der Waals surface area contributed by atoms with Crippen LogP contribution in [0.2, 0.25) is 5.02 Å². The molecule has 174 valence electrons. The number of thioether (sulfide) groups is 1. The third-order valence-corrected chi connectivity index (χ3v) is 6.54. The van der Waals surface area contributed by atoms with Crippen molar-refractivity contribution in [2.75, 3.05) is 24.0 Å². The molecule has 3 aromatic rings. The molecule has 1 aliphatic heterocycles. The van der Waals surface area contributed by atoms with Crippen molar-refractivity contribution in [1.29, 1.82) is 0 Å². The first-order valence-electron chi connectivity index (χ1n) is 9.92. The summed E-state index contributed by atoms with van der Waals surface area (Å²) >= 11 is 7.82. The zero-order chi connectivity index (χ0) is 23.8. The summed E-state index contributed by atoms with van der Waals surface area (Å²) in [5.74, 6) is -0.143. The maximum absolute atomic E-state index is 14.0. The van der Waals surface area contributed by atoms with Crippen LogP contribution in [0.3, 0.4) is 0 Å². The van der Waals surface area contributed by atoms with Crippen LogP contribution in [-0.4, -0.2) is 35.2 Å². The van der Waals surface area contributed by atoms with E-state index >= 15 is 0 Å². The van der Waals surface area contributed by atoms with Crippen molar-refractivity contribution in [1.82, 2.24) is 9.78 Å². The number of alkyl halides is 3. The molecule has 2 heterocycles. The molecule has 33 heavy (non-hydrogen) atoms. The number of benzene rings is 2. The highest BCUT2D eigenvalue weighted by Crippen LogP contribution is 2.46. The van der Waals surface area contributed by atoms with E-state index in [0.717, 1.165) is 9.58 Å². The molecule has 0 saturated heterocycles. The van der Waals surface area contributed by atoms with Crippen LogP contribution < -0.4 is 15.4 Å². The third-order valence-electron chi connectivity index (χ3n) is 5.38. The second-order valence-corrected chi connectivity index (χ2v) is 8.60. The van der Waals surface area contributed by atoms with Gasteiger partial charge in [0.05, 0.1) is 18.8 Å². The number of carbonyl (C=O) groups is 1. The van der Waals surface area contributed by atoms with Crippen molar-refractivity contribution >= 4 is 40.8 Å². The van der Waals surface area contributed by atoms with Crippen molar-refractivity contribution in [3.8, 4) is 5.75 Å². The number of rotatable bonds is 5. The van der Waals surface area contributed by atoms with Gasteiger partial charge in [-0.15, -0.1) is 11.8 Å². The predicted molar refractivity (Wildman–Crippen MR) is 122 cm³/mol. The maximum Gasteiger partial charge on any atom is 0.410 e. The fourth-order valence-electron chi connectivity index (χ4n) is 3.72. The van der Waals surface area contributed by atoms with Gasteiger partial charge in [0.2, 0.25) is 0 Å². The zero-order valence-corrected chi connectivity index (χ0v) is 19.2. The molecule has 0 spiro atoms. The molecule has 2 aromatic carbocycles. The van der Waals surface area contributed by atoms with Crippen molar-refractivity contribution < 1.29 is 22.7 Å². The Hall–Kier alpha value is -2.85. The van der Waals surface area contributed by atoms with Gasteiger partial charge in [0.15, 0.2) is 11.7 Å². The monoisotopic (exact) mass is 496 g/mol. The standard InChI is InChI=1S/C22H20ClF3N4O2S/c1-32-13-9-7-12(8-10-13)15-11-17(22(24,25)26)30-20(27-15)18(23)19(29-30)21(31)28-14-5-3-4-6-16(14)33-2/h3-10,15,17,27H,11H2,1-2H3,(H,28,31)/t15-,17+/m1/s1. The largest absolute Gasteiger partial charge is 0.497 e. The number of hydrogen-bond acceptors (Lipinski definition) is 5. The molecule has 1 amide bonds. The molecule has 0 saturated carbocycles. The van der Waals surface area contributed by atoms with Crippen LogP contribution in [0.5, 0.6) is 5.75 Å². The Bertz CT molecular complexity index is 1170. The van der Waals surface area contributed by atoms with Crippen LogP contribution >= 0.6 is 23.4 Å². The minimum atomic E-state index is -4.59. The summed E-state index contributed by atoms with van der Waals surface area (Å²) in [6.07, 6.45) is -3.04. The summed E-state index contributed by atoms with van der Waals surface area (Å²) in [6.45, 7) is 0. The topological polar surface area (TPSA) is 68.2 Å². The number of fused-ring (bicyclic) bond motifs is 1. The van der Waals surface area contributed by atoms with Gasteiger partial charge >= 0.3 is 6.18 Å². The zero-order valence-electron chi connectivity index (χ0n) is 17.6. The van der Waals surface area contributed by atoms with Gasteiger partial charge in [0, 0.05) is 11.3 Å². The fourth-order valence-corrected chi connectivity index (χ4v) is 4.54. The number of methoxy groups -OCH3 is 1. The quantitative estimate of drug-likeness (QED) is 0.413. The number of amides is 1. The average molecular weight is 497 g/mol. The third kappa shape index (κ3) is 4.63. The van der Waals surface area contributed by atoms with Gasteiger partial charge in [0.25, 0.3) is 5.91 Å². The van der Waals surface area contributed by atoms with Gasteiger partial charge in [-0.2, -0.15) is 18.3 Å². The molecule has 0 aliphatic carbocycles. The molecule has 4 rings (SSSR count). The van der Waals surface area contributed by atoms with Gasteiger partial charge in [-0.1, -0.05) is 35.9 Å². The Kier molecular flexibility index (Phi) is 6.49. The number of hydrogen-bond donors (Lipinski definition) is 2. The van der Waals surface area contributed by atoms with Crippen molar-refractivity contribution in [2.24, 2.45) is 0 Å². The normalized spacial score (nSPS) is 17.8. The first kappa shape index (κ1) is 23.3. The molecular formula is C22H20ClF3N4O2S. The SMILES string of the molecule is COc1ccc([C@H]2C[C@@H](C(F)(F)F)n3nc(C(=O)Nc4ccccc4SC)c(Cl)c3N2)cc1. The summed E-state index contributed by atoms with van der Waals surface area (Å²) < 4.78 is 47.8. The Morgan fingerprint density at radius 2 is 1.94 bits per heavy atom. The summed E-state index contributed by atoms with van der Waals surface area (Å²) in [7, 11) is 1.51. The Balaban J connectivity index is 1.69. The van der Waals surface area contributed by atoms with E-state index in [0.29, 0.717) is 17.0 Å². The number of nitrogens with one attached hydrogen (secondary N) is 2. The van der Waals surface area contributed by atoms with Crippen LogP contribution in [0.25, 0.3) is 0 Å². The van der Waals surface area contributed by atoms with Gasteiger partial charge in [-0.25, -0.2) is 4.68 Å². The Morgan fingerprint density at radius 1 is 1.24 bits per heavy atom. The smallest absolute Gasteiger partial charge is 0.410 e. The van der Waals surface area contributed by atoms with Crippen molar-refractivity contribution in [3.05, 3.63) is 64.8 Å². The minimum Gasteiger partial charge on any atom is -0.497 e. The second-order valence-electron chi connectivity index (χ2n) is 7.37. The lowest BCUT2D eigenvalue weighted by Crippen LogP contribution is -2.35. The Morgan fingerprint density at radius 3 is 2.58 bits per heavy atom. The van der Waals surface area contributed by atoms with Gasteiger partial charge < -0.3 is 15.4 Å². The van der Waals surface area contributed by atoms with Crippen LogP contribution in [-0.2, 0) is 0 Å². The summed E-state index contributed by atoms with van der Waals surface area (Å²) in [6, 6.07) is 11.2. The van der Waals surface area contributed by atoms with E-state index in [1.165, 1.54) is 18.9 Å². The first-order valence-corrected chi connectivity index (χ1v) is 11.5. The molecule has 6 nitrogen and oxygen atoms in total. The predicted octanol–water partition coefficient (Wildman–Crippen LogP) is 6.18. The molecule has 2 atom stereocenters. The van der Waals surface area contributed by atoms with Crippen LogP contribution in [0.15, 0.2) is 53.4 Å². The fraction of sp³-hybridized carbons (Fsp3) is 0.273. The van der Waals surface area contributed by atoms with E-state index in [9.17, 15) is 18.0 Å². The molecular weight excluding hydrogens is 477 g/mol. The maximum atomic E-state index is 14.0. The van der Waals surface area contributed by atoms with Gasteiger partial charge in [-0.05, 0) is 36.1 Å². The van der Waals surface area contributed by atoms with Crippen LogP contribution in [0.1, 0.15) is 34.6 Å². The van der Waals surface area contributed by atoms with Gasteiger partial charge in [0.1, 0.15) is 16.6 Å². The molecule has 0 fully saturated rings. The molecule has 0 radical (unpaired) electrons. The van der Waals surface area contributed by atoms with Crippen LogP contribution in [0, 0.1) is 0 Å². The number of aromatic nitrogens is 2. The summed E-state index contributed by atoms with van der Waals surface area (Å²) in [5.41, 5.74) is 0.877.